The summed E-state index contributed by atoms with van der Waals surface area (Å²) in [6.07, 6.45) is 6.45. The van der Waals surface area contributed by atoms with Gasteiger partial charge in [-0.2, -0.15) is 0 Å². The Morgan fingerprint density at radius 2 is 2.11 bits per heavy atom. The largest absolute Gasteiger partial charge is 0.468 e. The van der Waals surface area contributed by atoms with Crippen molar-refractivity contribution in [3.63, 3.8) is 0 Å². The molecule has 1 rings (SSSR count). The number of hydrogen-bond acceptors (Lipinski definition) is 3. The van der Waals surface area contributed by atoms with Crippen LogP contribution in [0, 0.1) is 12.3 Å². The SMILES string of the molecule is C#CCNC(CC)(Cc1ccccc1)C(=O)OC. The van der Waals surface area contributed by atoms with Gasteiger partial charge in [0.25, 0.3) is 0 Å². The monoisotopic (exact) mass is 245 g/mol. The second-order valence-electron chi connectivity index (χ2n) is 4.15. The summed E-state index contributed by atoms with van der Waals surface area (Å²) < 4.78 is 4.91. The lowest BCUT2D eigenvalue weighted by atomic mass is 9.88. The molecule has 1 aromatic carbocycles. The van der Waals surface area contributed by atoms with Gasteiger partial charge in [0.2, 0.25) is 0 Å². The second-order valence-corrected chi connectivity index (χ2v) is 4.15. The molecule has 0 aliphatic rings. The number of hydrogen-bond donors (Lipinski definition) is 1. The van der Waals surface area contributed by atoms with Crippen molar-refractivity contribution in [2.45, 2.75) is 25.3 Å². The van der Waals surface area contributed by atoms with Crippen LogP contribution in [0.3, 0.4) is 0 Å². The first-order valence-corrected chi connectivity index (χ1v) is 5.99. The highest BCUT2D eigenvalue weighted by atomic mass is 16.5. The van der Waals surface area contributed by atoms with Gasteiger partial charge in [-0.15, -0.1) is 6.42 Å². The van der Waals surface area contributed by atoms with Gasteiger partial charge in [0.15, 0.2) is 0 Å². The molecule has 1 atom stereocenters. The van der Waals surface area contributed by atoms with Gasteiger partial charge in [0.1, 0.15) is 5.54 Å². The normalized spacial score (nSPS) is 13.4. The van der Waals surface area contributed by atoms with E-state index in [4.69, 9.17) is 11.2 Å². The summed E-state index contributed by atoms with van der Waals surface area (Å²) >= 11 is 0. The van der Waals surface area contributed by atoms with E-state index in [1.165, 1.54) is 7.11 Å². The summed E-state index contributed by atoms with van der Waals surface area (Å²) in [5.74, 6) is 2.23. The van der Waals surface area contributed by atoms with Gasteiger partial charge in [0, 0.05) is 6.42 Å². The molecule has 0 saturated heterocycles. The summed E-state index contributed by atoms with van der Waals surface area (Å²) in [6, 6.07) is 9.84. The summed E-state index contributed by atoms with van der Waals surface area (Å²) in [5.41, 5.74) is 0.330. The van der Waals surface area contributed by atoms with Crippen LogP contribution >= 0.6 is 0 Å². The molecule has 0 heterocycles. The molecule has 3 heteroatoms. The lowest BCUT2D eigenvalue weighted by Crippen LogP contribution is -2.54. The molecule has 18 heavy (non-hydrogen) atoms. The number of esters is 1. The fraction of sp³-hybridized carbons (Fsp3) is 0.400. The van der Waals surface area contributed by atoms with Crippen molar-refractivity contribution in [3.05, 3.63) is 35.9 Å². The second kappa shape index (κ2) is 6.83. The first-order valence-electron chi connectivity index (χ1n) is 5.99. The van der Waals surface area contributed by atoms with Gasteiger partial charge in [-0.3, -0.25) is 10.1 Å². The maximum absolute atomic E-state index is 12.0. The van der Waals surface area contributed by atoms with E-state index in [1.54, 1.807) is 0 Å². The predicted molar refractivity (Wildman–Crippen MR) is 72.0 cm³/mol. The first kappa shape index (κ1) is 14.3. The van der Waals surface area contributed by atoms with Gasteiger partial charge >= 0.3 is 5.97 Å². The lowest BCUT2D eigenvalue weighted by molar-refractivity contribution is -0.148. The standard InChI is InChI=1S/C15H19NO2/c1-4-11-16-15(5-2,14(17)18-3)12-13-9-7-6-8-10-13/h1,6-10,16H,5,11-12H2,2-3H3. The minimum absolute atomic E-state index is 0.274. The zero-order valence-corrected chi connectivity index (χ0v) is 10.9. The summed E-state index contributed by atoms with van der Waals surface area (Å²) in [6.45, 7) is 2.29. The van der Waals surface area contributed by atoms with E-state index in [0.717, 1.165) is 5.56 Å². The maximum atomic E-state index is 12.0. The molecule has 0 aliphatic carbocycles. The molecule has 1 unspecified atom stereocenters. The quantitative estimate of drug-likeness (QED) is 0.613. The molecule has 0 radical (unpaired) electrons. The molecule has 0 aromatic heterocycles. The summed E-state index contributed by atoms with van der Waals surface area (Å²) in [4.78, 5) is 12.0. The van der Waals surface area contributed by atoms with Crippen molar-refractivity contribution in [2.24, 2.45) is 0 Å². The minimum atomic E-state index is -0.748. The van der Waals surface area contributed by atoms with E-state index in [1.807, 2.05) is 37.3 Å². The van der Waals surface area contributed by atoms with Crippen LogP contribution in [-0.2, 0) is 16.0 Å². The van der Waals surface area contributed by atoms with Gasteiger partial charge < -0.3 is 4.74 Å². The Bertz CT molecular complexity index is 422. The van der Waals surface area contributed by atoms with Crippen LogP contribution in [0.4, 0.5) is 0 Å². The van der Waals surface area contributed by atoms with Crippen LogP contribution in [0.25, 0.3) is 0 Å². The van der Waals surface area contributed by atoms with E-state index in [-0.39, 0.29) is 5.97 Å². The number of nitrogens with one attached hydrogen (secondary N) is 1. The van der Waals surface area contributed by atoms with E-state index in [2.05, 4.69) is 11.2 Å². The van der Waals surface area contributed by atoms with Crippen LogP contribution in [0.1, 0.15) is 18.9 Å². The highest BCUT2D eigenvalue weighted by Gasteiger charge is 2.37. The molecule has 0 fully saturated rings. The van der Waals surface area contributed by atoms with Crippen molar-refractivity contribution in [3.8, 4) is 12.3 Å². The first-order chi connectivity index (χ1) is 8.68. The topological polar surface area (TPSA) is 38.3 Å². The Hall–Kier alpha value is -1.79. The number of benzene rings is 1. The molecular weight excluding hydrogens is 226 g/mol. The number of methoxy groups -OCH3 is 1. The number of ether oxygens (including phenoxy) is 1. The fourth-order valence-corrected chi connectivity index (χ4v) is 1.96. The molecule has 1 aromatic rings. The molecule has 3 nitrogen and oxygen atoms in total. The van der Waals surface area contributed by atoms with Crippen molar-refractivity contribution in [1.29, 1.82) is 0 Å². The zero-order chi connectivity index (χ0) is 13.4. The third kappa shape index (κ3) is 3.35. The van der Waals surface area contributed by atoms with Crippen molar-refractivity contribution in [1.82, 2.24) is 5.32 Å². The Kier molecular flexibility index (Phi) is 5.41. The molecule has 0 spiro atoms. The smallest absolute Gasteiger partial charge is 0.326 e. The highest BCUT2D eigenvalue weighted by Crippen LogP contribution is 2.19. The molecule has 0 saturated carbocycles. The highest BCUT2D eigenvalue weighted by molar-refractivity contribution is 5.81. The van der Waals surface area contributed by atoms with Crippen molar-refractivity contribution in [2.75, 3.05) is 13.7 Å². The van der Waals surface area contributed by atoms with Crippen LogP contribution in [0.2, 0.25) is 0 Å². The number of carbonyl (C=O) groups excluding carboxylic acids is 1. The Morgan fingerprint density at radius 1 is 1.44 bits per heavy atom. The molecule has 0 amide bonds. The Morgan fingerprint density at radius 3 is 2.61 bits per heavy atom. The minimum Gasteiger partial charge on any atom is -0.468 e. The Balaban J connectivity index is 2.95. The van der Waals surface area contributed by atoms with Crippen molar-refractivity contribution < 1.29 is 9.53 Å². The molecule has 96 valence electrons. The summed E-state index contributed by atoms with van der Waals surface area (Å²) in [5, 5.41) is 3.12. The van der Waals surface area contributed by atoms with E-state index in [9.17, 15) is 4.79 Å². The maximum Gasteiger partial charge on any atom is 0.326 e. The average molecular weight is 245 g/mol. The van der Waals surface area contributed by atoms with Gasteiger partial charge in [-0.05, 0) is 12.0 Å². The van der Waals surface area contributed by atoms with E-state index in [0.29, 0.717) is 19.4 Å². The number of terminal acetylenes is 1. The molecular formula is C15H19NO2. The van der Waals surface area contributed by atoms with Crippen LogP contribution in [-0.4, -0.2) is 25.2 Å². The number of rotatable bonds is 6. The fourth-order valence-electron chi connectivity index (χ4n) is 1.96. The van der Waals surface area contributed by atoms with Gasteiger partial charge in [-0.25, -0.2) is 0 Å². The third-order valence-corrected chi connectivity index (χ3v) is 3.06. The van der Waals surface area contributed by atoms with E-state index < -0.39 is 5.54 Å². The Labute approximate surface area is 109 Å². The molecule has 0 bridgehead atoms. The molecule has 0 aliphatic heterocycles. The van der Waals surface area contributed by atoms with Crippen LogP contribution in [0.5, 0.6) is 0 Å². The van der Waals surface area contributed by atoms with Crippen LogP contribution < -0.4 is 5.32 Å². The molecule has 1 N–H and O–H groups in total. The third-order valence-electron chi connectivity index (χ3n) is 3.06. The number of carbonyl (C=O) groups is 1. The predicted octanol–water partition coefficient (Wildman–Crippen LogP) is 1.77. The summed E-state index contributed by atoms with van der Waals surface area (Å²) in [7, 11) is 1.40. The van der Waals surface area contributed by atoms with Gasteiger partial charge in [0.05, 0.1) is 13.7 Å². The lowest BCUT2D eigenvalue weighted by Gasteiger charge is -2.30. The zero-order valence-electron chi connectivity index (χ0n) is 10.9. The van der Waals surface area contributed by atoms with Crippen LogP contribution in [0.15, 0.2) is 30.3 Å². The van der Waals surface area contributed by atoms with E-state index >= 15 is 0 Å². The van der Waals surface area contributed by atoms with Gasteiger partial charge in [-0.1, -0.05) is 43.2 Å². The van der Waals surface area contributed by atoms with Crippen molar-refractivity contribution >= 4 is 5.97 Å². The average Bonchev–Trinajstić information content (AvgIpc) is 2.43.